The Kier molecular flexibility index (Phi) is 4.57. The molecule has 2 rings (SSSR count). The van der Waals surface area contributed by atoms with Crippen LogP contribution in [0.5, 0.6) is 0 Å². The molecular weight excluding hydrogens is 212 g/mol. The molecule has 0 radical (unpaired) electrons. The van der Waals surface area contributed by atoms with Gasteiger partial charge in [-0.05, 0) is 32.9 Å². The van der Waals surface area contributed by atoms with E-state index in [1.54, 1.807) is 0 Å². The molecular formula is C13H24N4. The maximum absolute atomic E-state index is 4.27. The Morgan fingerprint density at radius 1 is 1.53 bits per heavy atom. The number of likely N-dealkylation sites (N-methyl/N-ethyl adjacent to an activating group) is 1. The number of nitrogens with one attached hydrogen (secondary N) is 1. The fourth-order valence-electron chi connectivity index (χ4n) is 2.59. The van der Waals surface area contributed by atoms with Crippen molar-refractivity contribution < 1.29 is 0 Å². The van der Waals surface area contributed by atoms with Gasteiger partial charge in [0.2, 0.25) is 0 Å². The third-order valence-electron chi connectivity index (χ3n) is 3.56. The smallest absolute Gasteiger partial charge is 0.0948 e. The van der Waals surface area contributed by atoms with Gasteiger partial charge >= 0.3 is 0 Å². The van der Waals surface area contributed by atoms with E-state index in [1.807, 2.05) is 12.5 Å². The Hall–Kier alpha value is -0.870. The maximum Gasteiger partial charge on any atom is 0.0948 e. The molecule has 1 aromatic rings. The van der Waals surface area contributed by atoms with E-state index in [0.29, 0.717) is 6.04 Å². The van der Waals surface area contributed by atoms with Crippen LogP contribution in [0.3, 0.4) is 0 Å². The molecule has 17 heavy (non-hydrogen) atoms. The summed E-state index contributed by atoms with van der Waals surface area (Å²) in [5.41, 5.74) is 1.35. The molecule has 2 heterocycles. The van der Waals surface area contributed by atoms with Gasteiger partial charge in [-0.15, -0.1) is 0 Å². The van der Waals surface area contributed by atoms with Gasteiger partial charge in [-0.3, -0.25) is 4.90 Å². The third-order valence-corrected chi connectivity index (χ3v) is 3.56. The molecule has 1 aromatic heterocycles. The van der Waals surface area contributed by atoms with Crippen LogP contribution in [0.2, 0.25) is 0 Å². The summed E-state index contributed by atoms with van der Waals surface area (Å²) in [6.45, 7) is 6.71. The van der Waals surface area contributed by atoms with Crippen LogP contribution in [0.1, 0.15) is 31.9 Å². The minimum Gasteiger partial charge on any atom is -0.333 e. The van der Waals surface area contributed by atoms with E-state index in [2.05, 4.69) is 33.7 Å². The predicted octanol–water partition coefficient (Wildman–Crippen LogP) is 1.48. The van der Waals surface area contributed by atoms with Gasteiger partial charge in [0, 0.05) is 31.9 Å². The SMILES string of the molecule is CCCn1cncc1CN1CCCC(NC)C1. The van der Waals surface area contributed by atoms with E-state index in [9.17, 15) is 0 Å². The quantitative estimate of drug-likeness (QED) is 0.840. The van der Waals surface area contributed by atoms with Crippen LogP contribution in [0.25, 0.3) is 0 Å². The topological polar surface area (TPSA) is 33.1 Å². The van der Waals surface area contributed by atoms with E-state index in [1.165, 1.54) is 31.5 Å². The summed E-state index contributed by atoms with van der Waals surface area (Å²) in [6.07, 6.45) is 7.74. The van der Waals surface area contributed by atoms with E-state index in [-0.39, 0.29) is 0 Å². The second-order valence-electron chi connectivity index (χ2n) is 4.94. The number of piperidine rings is 1. The van der Waals surface area contributed by atoms with Crippen LogP contribution >= 0.6 is 0 Å². The van der Waals surface area contributed by atoms with Crippen molar-refractivity contribution in [3.63, 3.8) is 0 Å². The second kappa shape index (κ2) is 6.17. The molecule has 0 saturated carbocycles. The highest BCUT2D eigenvalue weighted by atomic mass is 15.2. The number of aryl methyl sites for hydroxylation is 1. The highest BCUT2D eigenvalue weighted by molar-refractivity contribution is 4.99. The van der Waals surface area contributed by atoms with Gasteiger partial charge in [-0.2, -0.15) is 0 Å². The average Bonchev–Trinajstić information content (AvgIpc) is 2.78. The van der Waals surface area contributed by atoms with Gasteiger partial charge in [0.15, 0.2) is 0 Å². The first-order chi connectivity index (χ1) is 8.33. The molecule has 0 bridgehead atoms. The lowest BCUT2D eigenvalue weighted by atomic mass is 10.1. The Morgan fingerprint density at radius 2 is 2.41 bits per heavy atom. The molecule has 1 aliphatic heterocycles. The van der Waals surface area contributed by atoms with Crippen molar-refractivity contribution in [2.45, 2.75) is 45.3 Å². The number of hydrogen-bond donors (Lipinski definition) is 1. The molecule has 0 aliphatic carbocycles. The van der Waals surface area contributed by atoms with Gasteiger partial charge in [-0.25, -0.2) is 4.98 Å². The highest BCUT2D eigenvalue weighted by Crippen LogP contribution is 2.13. The molecule has 1 saturated heterocycles. The normalized spacial score (nSPS) is 21.9. The summed E-state index contributed by atoms with van der Waals surface area (Å²) >= 11 is 0. The zero-order valence-corrected chi connectivity index (χ0v) is 11.0. The van der Waals surface area contributed by atoms with Crippen molar-refractivity contribution >= 4 is 0 Å². The molecule has 0 aromatic carbocycles. The summed E-state index contributed by atoms with van der Waals surface area (Å²) in [4.78, 5) is 6.80. The van der Waals surface area contributed by atoms with E-state index in [4.69, 9.17) is 0 Å². The Bertz CT molecular complexity index is 334. The van der Waals surface area contributed by atoms with Crippen molar-refractivity contribution in [1.82, 2.24) is 19.8 Å². The van der Waals surface area contributed by atoms with Crippen LogP contribution in [0, 0.1) is 0 Å². The summed E-state index contributed by atoms with van der Waals surface area (Å²) in [6, 6.07) is 0.659. The summed E-state index contributed by atoms with van der Waals surface area (Å²) in [7, 11) is 2.06. The summed E-state index contributed by atoms with van der Waals surface area (Å²) in [5, 5.41) is 3.39. The first kappa shape index (κ1) is 12.6. The van der Waals surface area contributed by atoms with Crippen LogP contribution < -0.4 is 5.32 Å². The van der Waals surface area contributed by atoms with Crippen LogP contribution in [0.4, 0.5) is 0 Å². The Balaban J connectivity index is 1.93. The van der Waals surface area contributed by atoms with Gasteiger partial charge in [0.05, 0.1) is 12.0 Å². The molecule has 0 spiro atoms. The Labute approximate surface area is 104 Å². The minimum atomic E-state index is 0.659. The van der Waals surface area contributed by atoms with Gasteiger partial charge in [0.1, 0.15) is 0 Å². The molecule has 4 heteroatoms. The molecule has 4 nitrogen and oxygen atoms in total. The van der Waals surface area contributed by atoms with Gasteiger partial charge in [-0.1, -0.05) is 6.92 Å². The molecule has 1 unspecified atom stereocenters. The maximum atomic E-state index is 4.27. The van der Waals surface area contributed by atoms with Gasteiger partial charge in [0.25, 0.3) is 0 Å². The number of likely N-dealkylation sites (tertiary alicyclic amines) is 1. The molecule has 1 aliphatic rings. The zero-order valence-electron chi connectivity index (χ0n) is 11.0. The van der Waals surface area contributed by atoms with Crippen molar-refractivity contribution in [3.8, 4) is 0 Å². The van der Waals surface area contributed by atoms with Gasteiger partial charge < -0.3 is 9.88 Å². The van der Waals surface area contributed by atoms with Crippen molar-refractivity contribution in [2.24, 2.45) is 0 Å². The molecule has 96 valence electrons. The van der Waals surface area contributed by atoms with E-state index < -0.39 is 0 Å². The predicted molar refractivity (Wildman–Crippen MR) is 69.9 cm³/mol. The van der Waals surface area contributed by atoms with E-state index >= 15 is 0 Å². The second-order valence-corrected chi connectivity index (χ2v) is 4.94. The number of rotatable bonds is 5. The lowest BCUT2D eigenvalue weighted by Gasteiger charge is -2.32. The fourth-order valence-corrected chi connectivity index (χ4v) is 2.59. The molecule has 1 N–H and O–H groups in total. The largest absolute Gasteiger partial charge is 0.333 e. The van der Waals surface area contributed by atoms with Crippen molar-refractivity contribution in [1.29, 1.82) is 0 Å². The van der Waals surface area contributed by atoms with Crippen LogP contribution in [-0.2, 0) is 13.1 Å². The molecule has 0 amide bonds. The van der Waals surface area contributed by atoms with E-state index in [0.717, 1.165) is 19.6 Å². The monoisotopic (exact) mass is 236 g/mol. The number of aromatic nitrogens is 2. The highest BCUT2D eigenvalue weighted by Gasteiger charge is 2.19. The first-order valence-corrected chi connectivity index (χ1v) is 6.72. The summed E-state index contributed by atoms with van der Waals surface area (Å²) < 4.78 is 2.28. The Morgan fingerprint density at radius 3 is 3.18 bits per heavy atom. The lowest BCUT2D eigenvalue weighted by molar-refractivity contribution is 0.184. The summed E-state index contributed by atoms with van der Waals surface area (Å²) in [5.74, 6) is 0. The first-order valence-electron chi connectivity index (χ1n) is 6.72. The number of nitrogens with zero attached hydrogens (tertiary/aromatic N) is 3. The average molecular weight is 236 g/mol. The molecule has 1 fully saturated rings. The van der Waals surface area contributed by atoms with Crippen LogP contribution in [0.15, 0.2) is 12.5 Å². The van der Waals surface area contributed by atoms with Crippen LogP contribution in [-0.4, -0.2) is 40.6 Å². The lowest BCUT2D eigenvalue weighted by Crippen LogP contribution is -2.44. The molecule has 1 atom stereocenters. The minimum absolute atomic E-state index is 0.659. The van der Waals surface area contributed by atoms with Crippen molar-refractivity contribution in [2.75, 3.05) is 20.1 Å². The number of hydrogen-bond acceptors (Lipinski definition) is 3. The standard InChI is InChI=1S/C13H24N4/c1-3-6-17-11-15-8-13(17)10-16-7-4-5-12(9-16)14-2/h8,11-12,14H,3-7,9-10H2,1-2H3. The fraction of sp³-hybridized carbons (Fsp3) is 0.769. The third kappa shape index (κ3) is 3.30. The zero-order chi connectivity index (χ0) is 12.1. The number of imidazole rings is 1. The van der Waals surface area contributed by atoms with Crippen molar-refractivity contribution in [3.05, 3.63) is 18.2 Å².